The van der Waals surface area contributed by atoms with Crippen LogP contribution in [0.15, 0.2) is 24.5 Å². The van der Waals surface area contributed by atoms with E-state index >= 15 is 0 Å². The number of hydrogen-bond acceptors (Lipinski definition) is 8. The molecular formula is C24H31N7O2. The summed E-state index contributed by atoms with van der Waals surface area (Å²) < 4.78 is 0. The SMILES string of the molecule is N#Cc1cnc(NC(CCN(CCCCc2ccc3c(n2)NCCC3)C2CC2)C(=O)O)nc1. The van der Waals surface area contributed by atoms with Crippen LogP contribution in [0, 0.1) is 11.3 Å². The maximum Gasteiger partial charge on any atom is 0.326 e. The van der Waals surface area contributed by atoms with Crippen LogP contribution < -0.4 is 10.6 Å². The molecule has 1 aliphatic heterocycles. The summed E-state index contributed by atoms with van der Waals surface area (Å²) in [6.07, 6.45) is 11.0. The Hall–Kier alpha value is -3.25. The van der Waals surface area contributed by atoms with Gasteiger partial charge in [-0.3, -0.25) is 0 Å². The molecule has 9 heteroatoms. The van der Waals surface area contributed by atoms with Crippen molar-refractivity contribution in [3.05, 3.63) is 41.3 Å². The molecule has 1 aliphatic carbocycles. The van der Waals surface area contributed by atoms with Crippen LogP contribution in [-0.4, -0.2) is 62.6 Å². The smallest absolute Gasteiger partial charge is 0.326 e. The van der Waals surface area contributed by atoms with E-state index in [1.807, 2.05) is 6.07 Å². The zero-order valence-electron chi connectivity index (χ0n) is 18.8. The highest BCUT2D eigenvalue weighted by atomic mass is 16.4. The van der Waals surface area contributed by atoms with E-state index in [1.54, 1.807) is 0 Å². The van der Waals surface area contributed by atoms with Crippen molar-refractivity contribution in [1.82, 2.24) is 19.9 Å². The van der Waals surface area contributed by atoms with E-state index in [-0.39, 0.29) is 5.95 Å². The van der Waals surface area contributed by atoms with Gasteiger partial charge in [-0.15, -0.1) is 0 Å². The number of aromatic nitrogens is 3. The number of fused-ring (bicyclic) bond motifs is 1. The van der Waals surface area contributed by atoms with Crippen molar-refractivity contribution in [3.8, 4) is 6.07 Å². The van der Waals surface area contributed by atoms with Gasteiger partial charge in [-0.25, -0.2) is 19.7 Å². The molecule has 1 saturated carbocycles. The van der Waals surface area contributed by atoms with Crippen LogP contribution in [0.25, 0.3) is 0 Å². The summed E-state index contributed by atoms with van der Waals surface area (Å²) in [5.41, 5.74) is 2.80. The monoisotopic (exact) mass is 449 g/mol. The van der Waals surface area contributed by atoms with Crippen LogP contribution in [0.2, 0.25) is 0 Å². The van der Waals surface area contributed by atoms with Gasteiger partial charge in [-0.2, -0.15) is 5.26 Å². The Labute approximate surface area is 194 Å². The summed E-state index contributed by atoms with van der Waals surface area (Å²) in [4.78, 5) is 27.0. The maximum atomic E-state index is 11.7. The van der Waals surface area contributed by atoms with Crippen molar-refractivity contribution in [2.45, 2.75) is 63.5 Å². The number of hydrogen-bond donors (Lipinski definition) is 3. The van der Waals surface area contributed by atoms with Gasteiger partial charge in [0.25, 0.3) is 0 Å². The summed E-state index contributed by atoms with van der Waals surface area (Å²) in [5.74, 6) is 0.356. The number of nitrogens with zero attached hydrogens (tertiary/aromatic N) is 5. The predicted molar refractivity (Wildman–Crippen MR) is 125 cm³/mol. The Balaban J connectivity index is 1.23. The van der Waals surface area contributed by atoms with E-state index in [9.17, 15) is 9.90 Å². The number of carbonyl (C=O) groups is 1. The zero-order chi connectivity index (χ0) is 23.0. The minimum absolute atomic E-state index is 0.228. The van der Waals surface area contributed by atoms with Crippen molar-refractivity contribution >= 4 is 17.7 Å². The lowest BCUT2D eigenvalue weighted by molar-refractivity contribution is -0.138. The third-order valence-corrected chi connectivity index (χ3v) is 6.23. The number of aryl methyl sites for hydroxylation is 2. The fraction of sp³-hybridized carbons (Fsp3) is 0.542. The molecule has 0 saturated heterocycles. The van der Waals surface area contributed by atoms with E-state index in [0.717, 1.165) is 50.3 Å². The number of nitrogens with one attached hydrogen (secondary N) is 2. The van der Waals surface area contributed by atoms with Crippen LogP contribution in [-0.2, 0) is 17.6 Å². The Morgan fingerprint density at radius 1 is 1.27 bits per heavy atom. The molecule has 4 rings (SSSR count). The largest absolute Gasteiger partial charge is 0.480 e. The topological polar surface area (TPSA) is 127 Å². The molecule has 1 unspecified atom stereocenters. The second-order valence-electron chi connectivity index (χ2n) is 8.80. The second-order valence-corrected chi connectivity index (χ2v) is 8.80. The molecule has 9 nitrogen and oxygen atoms in total. The first-order valence-corrected chi connectivity index (χ1v) is 11.8. The molecule has 0 radical (unpaired) electrons. The number of unbranched alkanes of at least 4 members (excludes halogenated alkanes) is 1. The molecule has 0 bridgehead atoms. The third-order valence-electron chi connectivity index (χ3n) is 6.23. The molecular weight excluding hydrogens is 418 g/mol. The van der Waals surface area contributed by atoms with Crippen LogP contribution in [0.3, 0.4) is 0 Å². The standard InChI is InChI=1S/C24H31N7O2/c25-14-17-15-27-24(28-16-17)30-21(23(32)33)10-13-31(20-8-9-20)12-2-1-5-19-7-6-18-4-3-11-26-22(18)29-19/h6-7,15-16,20-21H,1-5,8-13H2,(H,26,29)(H,32,33)(H,27,28,30). The normalized spacial score (nSPS) is 15.9. The summed E-state index contributed by atoms with van der Waals surface area (Å²) >= 11 is 0. The molecule has 33 heavy (non-hydrogen) atoms. The number of rotatable bonds is 12. The molecule has 0 spiro atoms. The van der Waals surface area contributed by atoms with Gasteiger partial charge in [0.15, 0.2) is 0 Å². The minimum Gasteiger partial charge on any atom is -0.480 e. The summed E-state index contributed by atoms with van der Waals surface area (Å²) in [7, 11) is 0. The molecule has 2 aromatic rings. The van der Waals surface area contributed by atoms with E-state index in [0.29, 0.717) is 24.6 Å². The third kappa shape index (κ3) is 6.62. The lowest BCUT2D eigenvalue weighted by Gasteiger charge is -2.24. The van der Waals surface area contributed by atoms with E-state index in [4.69, 9.17) is 10.2 Å². The van der Waals surface area contributed by atoms with E-state index < -0.39 is 12.0 Å². The van der Waals surface area contributed by atoms with Crippen LogP contribution in [0.1, 0.15) is 55.3 Å². The minimum atomic E-state index is -0.925. The maximum absolute atomic E-state index is 11.7. The first kappa shape index (κ1) is 22.9. The van der Waals surface area contributed by atoms with Gasteiger partial charge < -0.3 is 20.6 Å². The van der Waals surface area contributed by atoms with E-state index in [1.165, 1.54) is 37.2 Å². The van der Waals surface area contributed by atoms with Crippen LogP contribution >= 0.6 is 0 Å². The fourth-order valence-electron chi connectivity index (χ4n) is 4.21. The lowest BCUT2D eigenvalue weighted by atomic mass is 10.1. The molecule has 3 heterocycles. The molecule has 0 amide bonds. The number of anilines is 2. The molecule has 2 aliphatic rings. The number of nitriles is 1. The van der Waals surface area contributed by atoms with Gasteiger partial charge in [0, 0.05) is 24.8 Å². The summed E-state index contributed by atoms with van der Waals surface area (Å²) in [5, 5.41) is 24.8. The van der Waals surface area contributed by atoms with E-state index in [2.05, 4.69) is 37.6 Å². The number of carboxylic acid groups (broad SMARTS) is 1. The molecule has 0 aromatic carbocycles. The van der Waals surface area contributed by atoms with Crippen molar-refractivity contribution < 1.29 is 9.90 Å². The Morgan fingerprint density at radius 2 is 2.09 bits per heavy atom. The number of aliphatic carboxylic acids is 1. The Bertz CT molecular complexity index is 985. The first-order chi connectivity index (χ1) is 16.1. The van der Waals surface area contributed by atoms with Gasteiger partial charge in [-0.05, 0) is 69.5 Å². The molecule has 174 valence electrons. The average molecular weight is 450 g/mol. The lowest BCUT2D eigenvalue weighted by Crippen LogP contribution is -2.36. The summed E-state index contributed by atoms with van der Waals surface area (Å²) in [6, 6.07) is 6.11. The quantitative estimate of drug-likeness (QED) is 0.419. The Kier molecular flexibility index (Phi) is 7.68. The van der Waals surface area contributed by atoms with Gasteiger partial charge in [0.2, 0.25) is 5.95 Å². The Morgan fingerprint density at radius 3 is 2.82 bits per heavy atom. The highest BCUT2D eigenvalue weighted by Gasteiger charge is 2.30. The fourth-order valence-corrected chi connectivity index (χ4v) is 4.21. The van der Waals surface area contributed by atoms with Crippen molar-refractivity contribution in [1.29, 1.82) is 5.26 Å². The van der Waals surface area contributed by atoms with Crippen molar-refractivity contribution in [2.24, 2.45) is 0 Å². The van der Waals surface area contributed by atoms with Crippen LogP contribution in [0.5, 0.6) is 0 Å². The van der Waals surface area contributed by atoms with Crippen molar-refractivity contribution in [3.63, 3.8) is 0 Å². The molecule has 3 N–H and O–H groups in total. The number of pyridine rings is 1. The van der Waals surface area contributed by atoms with Gasteiger partial charge in [0.1, 0.15) is 17.9 Å². The molecule has 2 aromatic heterocycles. The highest BCUT2D eigenvalue weighted by Crippen LogP contribution is 2.28. The summed E-state index contributed by atoms with van der Waals surface area (Å²) in [6.45, 7) is 2.68. The van der Waals surface area contributed by atoms with Gasteiger partial charge >= 0.3 is 5.97 Å². The highest BCUT2D eigenvalue weighted by molar-refractivity contribution is 5.76. The second kappa shape index (κ2) is 11.1. The molecule has 1 atom stereocenters. The van der Waals surface area contributed by atoms with Crippen molar-refractivity contribution in [2.75, 3.05) is 30.3 Å². The zero-order valence-corrected chi connectivity index (χ0v) is 18.8. The molecule has 1 fully saturated rings. The predicted octanol–water partition coefficient (Wildman–Crippen LogP) is 2.84. The van der Waals surface area contributed by atoms with Gasteiger partial charge in [0.05, 0.1) is 18.0 Å². The average Bonchev–Trinajstić information content (AvgIpc) is 3.68. The van der Waals surface area contributed by atoms with Gasteiger partial charge in [-0.1, -0.05) is 6.07 Å². The number of carboxylic acids is 1. The first-order valence-electron chi connectivity index (χ1n) is 11.8. The van der Waals surface area contributed by atoms with Crippen LogP contribution in [0.4, 0.5) is 11.8 Å².